The van der Waals surface area contributed by atoms with Crippen LogP contribution in [0.4, 0.5) is 0 Å². The van der Waals surface area contributed by atoms with E-state index in [0.717, 1.165) is 17.0 Å². The fourth-order valence-electron chi connectivity index (χ4n) is 3.09. The number of hydrogen-bond acceptors (Lipinski definition) is 5. The van der Waals surface area contributed by atoms with Crippen molar-refractivity contribution in [3.8, 4) is 0 Å². The lowest BCUT2D eigenvalue weighted by Crippen LogP contribution is -2.12. The van der Waals surface area contributed by atoms with Crippen LogP contribution in [-0.2, 0) is 7.05 Å². The first-order valence-corrected chi connectivity index (χ1v) is 9.09. The molecule has 130 valence electrons. The highest BCUT2D eigenvalue weighted by Crippen LogP contribution is 2.26. The minimum Gasteiger partial charge on any atom is -0.341 e. The third kappa shape index (κ3) is 3.51. The average molecular weight is 355 g/mol. The summed E-state index contributed by atoms with van der Waals surface area (Å²) in [6, 6.07) is 12.5. The molecule has 0 bridgehead atoms. The van der Waals surface area contributed by atoms with Crippen molar-refractivity contribution in [3.05, 3.63) is 58.9 Å². The summed E-state index contributed by atoms with van der Waals surface area (Å²) in [5, 5.41) is 11.9. The van der Waals surface area contributed by atoms with E-state index >= 15 is 0 Å². The van der Waals surface area contributed by atoms with Gasteiger partial charge in [0.25, 0.3) is 0 Å². The van der Waals surface area contributed by atoms with Gasteiger partial charge in [0.05, 0.1) is 11.8 Å². The molecule has 2 heterocycles. The maximum atomic E-state index is 12.7. The van der Waals surface area contributed by atoms with E-state index in [1.165, 1.54) is 17.3 Å². The quantitative estimate of drug-likeness (QED) is 0.502. The molecule has 0 amide bonds. The fourth-order valence-corrected chi connectivity index (χ4v) is 3.82. The van der Waals surface area contributed by atoms with Gasteiger partial charge in [-0.05, 0) is 42.8 Å². The molecule has 0 aliphatic carbocycles. The topological polar surface area (TPSA) is 65.6 Å². The maximum absolute atomic E-state index is 12.7. The van der Waals surface area contributed by atoms with Crippen LogP contribution in [0.5, 0.6) is 0 Å². The van der Waals surface area contributed by atoms with Gasteiger partial charge in [0.2, 0.25) is 5.16 Å². The molecule has 1 atom stereocenters. The Morgan fingerprint density at radius 3 is 2.60 bits per heavy atom. The van der Waals surface area contributed by atoms with E-state index in [1.807, 2.05) is 38.1 Å². The van der Waals surface area contributed by atoms with Gasteiger partial charge in [-0.15, -0.1) is 5.10 Å². The molecule has 0 N–H and O–H groups in total. The molecule has 0 aliphatic rings. The molecule has 2 aromatic heterocycles. The summed E-state index contributed by atoms with van der Waals surface area (Å²) in [6.45, 7) is 6.21. The summed E-state index contributed by atoms with van der Waals surface area (Å²) in [4.78, 5) is 12.7. The first kappa shape index (κ1) is 17.4. The third-order valence-electron chi connectivity index (χ3n) is 4.37. The molecular weight excluding hydrogens is 334 g/mol. The number of nitrogens with zero attached hydrogens (tertiary/aromatic N) is 5. The Hall–Kier alpha value is -2.41. The average Bonchev–Trinajstić information content (AvgIpc) is 3.15. The predicted octanol–water partition coefficient (Wildman–Crippen LogP) is 3.21. The van der Waals surface area contributed by atoms with Gasteiger partial charge in [-0.25, -0.2) is 4.68 Å². The van der Waals surface area contributed by atoms with E-state index in [2.05, 4.69) is 39.1 Å². The molecule has 3 rings (SSSR count). The molecule has 1 aromatic carbocycles. The normalized spacial score (nSPS) is 12.3. The largest absolute Gasteiger partial charge is 0.341 e. The molecule has 0 spiro atoms. The number of ketones is 1. The second-order valence-electron chi connectivity index (χ2n) is 6.04. The van der Waals surface area contributed by atoms with E-state index in [-0.39, 0.29) is 11.8 Å². The number of carbonyl (C=O) groups is 1. The number of thioether (sulfide) groups is 1. The van der Waals surface area contributed by atoms with Crippen molar-refractivity contribution in [1.82, 2.24) is 24.8 Å². The van der Waals surface area contributed by atoms with Gasteiger partial charge in [-0.2, -0.15) is 0 Å². The number of rotatable bonds is 6. The first-order valence-electron chi connectivity index (χ1n) is 8.10. The van der Waals surface area contributed by atoms with Crippen LogP contribution < -0.4 is 0 Å². The number of carbonyl (C=O) groups excluding carboxylic acids is 1. The van der Waals surface area contributed by atoms with Crippen molar-refractivity contribution in [2.75, 3.05) is 5.75 Å². The third-order valence-corrected chi connectivity index (χ3v) is 5.38. The van der Waals surface area contributed by atoms with Crippen LogP contribution in [0.2, 0.25) is 0 Å². The lowest BCUT2D eigenvalue weighted by Gasteiger charge is -2.19. The second-order valence-corrected chi connectivity index (χ2v) is 6.98. The van der Waals surface area contributed by atoms with Crippen LogP contribution in [0.15, 0.2) is 41.6 Å². The first-order chi connectivity index (χ1) is 12.0. The summed E-state index contributed by atoms with van der Waals surface area (Å²) in [5.74, 6) is 0.408. The van der Waals surface area contributed by atoms with Crippen molar-refractivity contribution in [2.45, 2.75) is 32.0 Å². The van der Waals surface area contributed by atoms with Crippen LogP contribution in [0, 0.1) is 13.8 Å². The predicted molar refractivity (Wildman–Crippen MR) is 98.0 cm³/mol. The van der Waals surface area contributed by atoms with E-state index in [0.29, 0.717) is 10.9 Å². The fraction of sp³-hybridized carbons (Fsp3) is 0.333. The monoisotopic (exact) mass is 355 g/mol. The standard InChI is InChI=1S/C18H21N5OS/c1-12-10-16(17(24)11-25-18-19-20-21-22(18)4)14(3)23(12)13(2)15-8-6-5-7-9-15/h5-10,13H,11H2,1-4H3/t13-/m0/s1. The summed E-state index contributed by atoms with van der Waals surface area (Å²) >= 11 is 1.35. The Kier molecular flexibility index (Phi) is 5.03. The Balaban J connectivity index is 1.81. The van der Waals surface area contributed by atoms with Crippen molar-refractivity contribution >= 4 is 17.5 Å². The molecule has 0 saturated carbocycles. The summed E-state index contributed by atoms with van der Waals surface area (Å²) in [7, 11) is 1.76. The van der Waals surface area contributed by atoms with Crippen LogP contribution in [-0.4, -0.2) is 36.3 Å². The Labute approximate surface area is 151 Å². The summed E-state index contributed by atoms with van der Waals surface area (Å²) < 4.78 is 3.79. The zero-order valence-corrected chi connectivity index (χ0v) is 15.6. The molecule has 0 unspecified atom stereocenters. The highest BCUT2D eigenvalue weighted by Gasteiger charge is 2.20. The lowest BCUT2D eigenvalue weighted by molar-refractivity contribution is 0.102. The van der Waals surface area contributed by atoms with Gasteiger partial charge >= 0.3 is 0 Å². The molecule has 3 aromatic rings. The zero-order chi connectivity index (χ0) is 18.0. The van der Waals surface area contributed by atoms with Gasteiger partial charge in [0.15, 0.2) is 5.78 Å². The van der Waals surface area contributed by atoms with E-state index < -0.39 is 0 Å². The van der Waals surface area contributed by atoms with Gasteiger partial charge in [-0.1, -0.05) is 42.1 Å². The Morgan fingerprint density at radius 2 is 1.96 bits per heavy atom. The highest BCUT2D eigenvalue weighted by molar-refractivity contribution is 7.99. The van der Waals surface area contributed by atoms with Crippen LogP contribution >= 0.6 is 11.8 Å². The molecule has 0 aliphatic heterocycles. The summed E-state index contributed by atoms with van der Waals surface area (Å²) in [5.41, 5.74) is 4.07. The SMILES string of the molecule is Cc1cc(C(=O)CSc2nnnn2C)c(C)n1[C@@H](C)c1ccccc1. The smallest absolute Gasteiger partial charge is 0.209 e. The van der Waals surface area contributed by atoms with Gasteiger partial charge in [0, 0.05) is 24.0 Å². The molecule has 25 heavy (non-hydrogen) atoms. The number of hydrogen-bond donors (Lipinski definition) is 0. The number of benzene rings is 1. The second kappa shape index (κ2) is 7.23. The molecular formula is C18H21N5OS. The Bertz CT molecular complexity index is 884. The molecule has 6 nitrogen and oxygen atoms in total. The molecule has 0 saturated heterocycles. The van der Waals surface area contributed by atoms with Crippen LogP contribution in [0.1, 0.15) is 40.3 Å². The Morgan fingerprint density at radius 1 is 1.24 bits per heavy atom. The van der Waals surface area contributed by atoms with E-state index in [9.17, 15) is 4.79 Å². The lowest BCUT2D eigenvalue weighted by atomic mass is 10.1. The number of Topliss-reactive ketones (excluding diaryl/α,β-unsaturated/α-hetero) is 1. The van der Waals surface area contributed by atoms with Crippen molar-refractivity contribution in [1.29, 1.82) is 0 Å². The van der Waals surface area contributed by atoms with Crippen molar-refractivity contribution in [2.24, 2.45) is 7.05 Å². The zero-order valence-electron chi connectivity index (χ0n) is 14.8. The van der Waals surface area contributed by atoms with Crippen LogP contribution in [0.3, 0.4) is 0 Å². The van der Waals surface area contributed by atoms with Crippen molar-refractivity contribution < 1.29 is 4.79 Å². The molecule has 7 heteroatoms. The van der Waals surface area contributed by atoms with Crippen molar-refractivity contribution in [3.63, 3.8) is 0 Å². The van der Waals surface area contributed by atoms with Crippen LogP contribution in [0.25, 0.3) is 0 Å². The minimum absolute atomic E-state index is 0.0904. The van der Waals surface area contributed by atoms with E-state index in [4.69, 9.17) is 0 Å². The highest BCUT2D eigenvalue weighted by atomic mass is 32.2. The van der Waals surface area contributed by atoms with Gasteiger partial charge in [-0.3, -0.25) is 4.79 Å². The molecule has 0 fully saturated rings. The maximum Gasteiger partial charge on any atom is 0.209 e. The van der Waals surface area contributed by atoms with Gasteiger partial charge in [0.1, 0.15) is 0 Å². The number of aryl methyl sites for hydroxylation is 2. The minimum atomic E-state index is 0.0904. The summed E-state index contributed by atoms with van der Waals surface area (Å²) in [6.07, 6.45) is 0. The van der Waals surface area contributed by atoms with Gasteiger partial charge < -0.3 is 4.57 Å². The number of tetrazole rings is 1. The number of aromatic nitrogens is 5. The van der Waals surface area contributed by atoms with E-state index in [1.54, 1.807) is 11.7 Å². The molecule has 0 radical (unpaired) electrons.